The molecule has 0 fully saturated rings. The van der Waals surface area contributed by atoms with E-state index >= 15 is 0 Å². The fourth-order valence-corrected chi connectivity index (χ4v) is 2.54. The van der Waals surface area contributed by atoms with Crippen LogP contribution in [0, 0.1) is 0 Å². The molecule has 114 valence electrons. The summed E-state index contributed by atoms with van der Waals surface area (Å²) in [6.45, 7) is 2.02. The highest BCUT2D eigenvalue weighted by molar-refractivity contribution is 7.99. The molecule has 1 aromatic heterocycles. The molecule has 1 heterocycles. The predicted molar refractivity (Wildman–Crippen MR) is 76.0 cm³/mol. The van der Waals surface area contributed by atoms with Crippen molar-refractivity contribution in [3.8, 4) is 0 Å². The zero-order valence-electron chi connectivity index (χ0n) is 11.4. The Morgan fingerprint density at radius 3 is 2.43 bits per heavy atom. The van der Waals surface area contributed by atoms with Crippen LogP contribution in [0.5, 0.6) is 0 Å². The first-order valence-electron chi connectivity index (χ1n) is 6.39. The third kappa shape index (κ3) is 3.90. The number of hydrogen-bond acceptors (Lipinski definition) is 4. The van der Waals surface area contributed by atoms with E-state index in [0.29, 0.717) is 17.0 Å². The Morgan fingerprint density at radius 1 is 1.19 bits per heavy atom. The van der Waals surface area contributed by atoms with Crippen molar-refractivity contribution in [1.82, 2.24) is 14.8 Å². The largest absolute Gasteiger partial charge is 0.451 e. The van der Waals surface area contributed by atoms with E-state index in [2.05, 4.69) is 10.2 Å². The molecule has 0 saturated carbocycles. The van der Waals surface area contributed by atoms with Gasteiger partial charge in [0.15, 0.2) is 5.16 Å². The standard InChI is InChI=1S/C13H15F3N4S/c1-2-7-21-12-19-18-11(13(14,15)16)20(12)8-9-3-5-10(17)6-4-9/h3-6H,2,7-8,17H2,1H3. The number of nitrogens with zero attached hydrogens (tertiary/aromatic N) is 3. The number of aromatic nitrogens is 3. The molecule has 0 saturated heterocycles. The maximum Gasteiger partial charge on any atom is 0.451 e. The van der Waals surface area contributed by atoms with Gasteiger partial charge in [0.2, 0.25) is 5.82 Å². The molecule has 0 amide bonds. The Kier molecular flexibility index (Phi) is 4.76. The van der Waals surface area contributed by atoms with E-state index in [1.807, 2.05) is 6.92 Å². The minimum absolute atomic E-state index is 0.0637. The molecule has 0 aliphatic heterocycles. The maximum atomic E-state index is 13.0. The molecule has 0 bridgehead atoms. The highest BCUT2D eigenvalue weighted by Crippen LogP contribution is 2.31. The Balaban J connectivity index is 2.33. The fourth-order valence-electron chi connectivity index (χ4n) is 1.75. The number of anilines is 1. The van der Waals surface area contributed by atoms with Crippen molar-refractivity contribution < 1.29 is 13.2 Å². The van der Waals surface area contributed by atoms with Crippen LogP contribution >= 0.6 is 11.8 Å². The quantitative estimate of drug-likeness (QED) is 0.678. The number of nitrogen functional groups attached to an aromatic ring is 1. The van der Waals surface area contributed by atoms with Gasteiger partial charge in [0.25, 0.3) is 0 Å². The van der Waals surface area contributed by atoms with Gasteiger partial charge in [-0.1, -0.05) is 30.8 Å². The van der Waals surface area contributed by atoms with E-state index in [1.165, 1.54) is 11.8 Å². The summed E-state index contributed by atoms with van der Waals surface area (Å²) in [6.07, 6.45) is -3.67. The van der Waals surface area contributed by atoms with Crippen molar-refractivity contribution in [1.29, 1.82) is 0 Å². The molecule has 2 N–H and O–H groups in total. The average molecular weight is 316 g/mol. The Morgan fingerprint density at radius 2 is 1.86 bits per heavy atom. The number of thioether (sulfide) groups is 1. The predicted octanol–water partition coefficient (Wildman–Crippen LogP) is 3.43. The maximum absolute atomic E-state index is 13.0. The fraction of sp³-hybridized carbons (Fsp3) is 0.385. The van der Waals surface area contributed by atoms with Gasteiger partial charge in [0.05, 0.1) is 6.54 Å². The molecule has 0 aliphatic rings. The van der Waals surface area contributed by atoms with Gasteiger partial charge in [-0.15, -0.1) is 10.2 Å². The molecule has 0 spiro atoms. The summed E-state index contributed by atoms with van der Waals surface area (Å²) in [5.74, 6) is -0.282. The molecule has 4 nitrogen and oxygen atoms in total. The first kappa shape index (κ1) is 15.7. The highest BCUT2D eigenvalue weighted by atomic mass is 32.2. The second kappa shape index (κ2) is 6.38. The van der Waals surface area contributed by atoms with E-state index < -0.39 is 12.0 Å². The number of hydrogen-bond donors (Lipinski definition) is 1. The van der Waals surface area contributed by atoms with E-state index in [9.17, 15) is 13.2 Å². The van der Waals surface area contributed by atoms with Crippen LogP contribution in [0.1, 0.15) is 24.7 Å². The van der Waals surface area contributed by atoms with Gasteiger partial charge in [0.1, 0.15) is 0 Å². The third-order valence-corrected chi connectivity index (χ3v) is 3.90. The SMILES string of the molecule is CCCSc1nnc(C(F)(F)F)n1Cc1ccc(N)cc1. The van der Waals surface area contributed by atoms with Crippen molar-refractivity contribution in [3.63, 3.8) is 0 Å². The second-order valence-electron chi connectivity index (χ2n) is 4.48. The Bertz CT molecular complexity index is 592. The van der Waals surface area contributed by atoms with Crippen LogP contribution < -0.4 is 5.73 Å². The summed E-state index contributed by atoms with van der Waals surface area (Å²) in [4.78, 5) is 0. The Labute approximate surface area is 124 Å². The zero-order chi connectivity index (χ0) is 15.5. The molecular weight excluding hydrogens is 301 g/mol. The lowest BCUT2D eigenvalue weighted by atomic mass is 10.2. The third-order valence-electron chi connectivity index (χ3n) is 2.73. The van der Waals surface area contributed by atoms with Crippen molar-refractivity contribution in [2.45, 2.75) is 31.2 Å². The first-order chi connectivity index (χ1) is 9.91. The molecular formula is C13H15F3N4S. The number of benzene rings is 1. The van der Waals surface area contributed by atoms with Crippen LogP contribution in [0.3, 0.4) is 0 Å². The monoisotopic (exact) mass is 316 g/mol. The number of alkyl halides is 3. The first-order valence-corrected chi connectivity index (χ1v) is 7.38. The van der Waals surface area contributed by atoms with Crippen molar-refractivity contribution in [3.05, 3.63) is 35.7 Å². The van der Waals surface area contributed by atoms with E-state index in [1.54, 1.807) is 24.3 Å². The van der Waals surface area contributed by atoms with E-state index in [-0.39, 0.29) is 11.7 Å². The lowest BCUT2D eigenvalue weighted by Gasteiger charge is -2.12. The number of nitrogens with two attached hydrogens (primary N) is 1. The van der Waals surface area contributed by atoms with Crippen LogP contribution in [0.2, 0.25) is 0 Å². The zero-order valence-corrected chi connectivity index (χ0v) is 12.2. The summed E-state index contributed by atoms with van der Waals surface area (Å²) in [7, 11) is 0. The minimum Gasteiger partial charge on any atom is -0.399 e. The van der Waals surface area contributed by atoms with Crippen LogP contribution in [0.15, 0.2) is 29.4 Å². The van der Waals surface area contributed by atoms with Gasteiger partial charge in [0, 0.05) is 11.4 Å². The summed E-state index contributed by atoms with van der Waals surface area (Å²) >= 11 is 1.27. The molecule has 0 atom stereocenters. The average Bonchev–Trinajstić information content (AvgIpc) is 2.82. The van der Waals surface area contributed by atoms with Crippen molar-refractivity contribution >= 4 is 17.4 Å². The molecule has 2 rings (SSSR count). The lowest BCUT2D eigenvalue weighted by Crippen LogP contribution is -2.16. The van der Waals surface area contributed by atoms with Crippen LogP contribution in [0.25, 0.3) is 0 Å². The molecule has 0 aliphatic carbocycles. The molecule has 0 unspecified atom stereocenters. The summed E-state index contributed by atoms with van der Waals surface area (Å²) in [5.41, 5.74) is 6.86. The highest BCUT2D eigenvalue weighted by Gasteiger charge is 2.38. The normalized spacial score (nSPS) is 11.8. The van der Waals surface area contributed by atoms with Crippen LogP contribution in [-0.2, 0) is 12.7 Å². The molecule has 1 aromatic carbocycles. The van der Waals surface area contributed by atoms with Gasteiger partial charge in [-0.3, -0.25) is 4.57 Å². The van der Waals surface area contributed by atoms with Crippen molar-refractivity contribution in [2.75, 3.05) is 11.5 Å². The molecule has 21 heavy (non-hydrogen) atoms. The molecule has 8 heteroatoms. The van der Waals surface area contributed by atoms with Gasteiger partial charge in [-0.2, -0.15) is 13.2 Å². The number of rotatable bonds is 5. The van der Waals surface area contributed by atoms with Crippen LogP contribution in [-0.4, -0.2) is 20.5 Å². The molecule has 0 radical (unpaired) electrons. The summed E-state index contributed by atoms with van der Waals surface area (Å²) < 4.78 is 40.1. The van der Waals surface area contributed by atoms with Gasteiger partial charge in [-0.25, -0.2) is 0 Å². The lowest BCUT2D eigenvalue weighted by molar-refractivity contribution is -0.147. The minimum atomic E-state index is -4.52. The smallest absolute Gasteiger partial charge is 0.399 e. The summed E-state index contributed by atoms with van der Waals surface area (Å²) in [5, 5.41) is 7.24. The Hall–Kier alpha value is -1.70. The topological polar surface area (TPSA) is 56.7 Å². The van der Waals surface area contributed by atoms with Gasteiger partial charge >= 0.3 is 6.18 Å². The van der Waals surface area contributed by atoms with Crippen LogP contribution in [0.4, 0.5) is 18.9 Å². The van der Waals surface area contributed by atoms with Crippen molar-refractivity contribution in [2.24, 2.45) is 0 Å². The van der Waals surface area contributed by atoms with Gasteiger partial charge < -0.3 is 5.73 Å². The van der Waals surface area contributed by atoms with Gasteiger partial charge in [-0.05, 0) is 24.1 Å². The summed E-state index contributed by atoms with van der Waals surface area (Å²) in [6, 6.07) is 6.71. The van der Waals surface area contributed by atoms with E-state index in [0.717, 1.165) is 11.0 Å². The van der Waals surface area contributed by atoms with E-state index in [4.69, 9.17) is 5.73 Å². The molecule has 2 aromatic rings. The number of halogens is 3. The second-order valence-corrected chi connectivity index (χ2v) is 5.54.